The zero-order chi connectivity index (χ0) is 45.8. The van der Waals surface area contributed by atoms with Crippen LogP contribution < -0.4 is 0 Å². The Hall–Kier alpha value is -6.58. The molecule has 10 rings (SSSR count). The molecule has 0 atom stereocenters. The molecule has 4 heterocycles. The maximum Gasteiger partial charge on any atom is 3.00 e. The van der Waals surface area contributed by atoms with E-state index in [0.717, 1.165) is 67.5 Å². The summed E-state index contributed by atoms with van der Waals surface area (Å²) in [5.41, 5.74) is 27.0. The number of pyridine rings is 3. The Labute approximate surface area is 410 Å². The second kappa shape index (κ2) is 18.6. The normalized spacial score (nSPS) is 15.3. The molecule has 6 bridgehead atoms. The fourth-order valence-corrected chi connectivity index (χ4v) is 11.1. The Bertz CT molecular complexity index is 2860. The van der Waals surface area contributed by atoms with E-state index in [1.165, 1.54) is 66.8 Å². The molecule has 0 saturated heterocycles. The number of hydrogen-bond donors (Lipinski definition) is 0. The summed E-state index contributed by atoms with van der Waals surface area (Å²) in [7, 11) is 0. The molecular weight excluding hydrogens is 991 g/mol. The van der Waals surface area contributed by atoms with E-state index >= 15 is 0 Å². The maximum absolute atomic E-state index is 5.65. The predicted molar refractivity (Wildman–Crippen MR) is 270 cm³/mol. The number of nitrogens with zero attached hydrogens (tertiary/aromatic N) is 3. The van der Waals surface area contributed by atoms with Gasteiger partial charge < -0.3 is 0 Å². The summed E-state index contributed by atoms with van der Waals surface area (Å²) >= 11 is 0. The van der Waals surface area contributed by atoms with Crippen molar-refractivity contribution in [3.05, 3.63) is 265 Å². The number of rotatable bonds is 6. The van der Waals surface area contributed by atoms with Crippen LogP contribution in [0.15, 0.2) is 146 Å². The molecule has 67 heavy (non-hydrogen) atoms. The Kier molecular flexibility index (Phi) is 12.6. The Morgan fingerprint density at radius 3 is 0.761 bits per heavy atom. The third-order valence-corrected chi connectivity index (χ3v) is 13.5. The van der Waals surface area contributed by atoms with Crippen LogP contribution in [0.1, 0.15) is 119 Å². The van der Waals surface area contributed by atoms with Crippen molar-refractivity contribution < 1.29 is 20.1 Å². The molecule has 3 aromatic heterocycles. The number of aromatic nitrogens is 3. The van der Waals surface area contributed by atoms with Gasteiger partial charge in [0.2, 0.25) is 0 Å². The van der Waals surface area contributed by atoms with E-state index in [1.54, 1.807) is 0 Å². The second-order valence-corrected chi connectivity index (χ2v) is 18.7. The summed E-state index contributed by atoms with van der Waals surface area (Å²) in [6, 6.07) is 63.7. The van der Waals surface area contributed by atoms with Gasteiger partial charge in [0.25, 0.3) is 0 Å². The fraction of sp³-hybridized carbons (Fsp3) is 0.190. The monoisotopic (exact) mass is 1050 g/mol. The smallest absolute Gasteiger partial charge is 0.256 e. The van der Waals surface area contributed by atoms with Gasteiger partial charge in [0.15, 0.2) is 0 Å². The standard InChI is InChI=1S/C63H54N3.Ir/c1-37-28-40(4)58(41(5)29-37)46-16-10-19-49(34-46)61-52-22-13-24-54(64-52)62(50-20-11-17-47(35-50)59-42(6)30-38(2)31-43(59)7)56-26-15-27-57(66-56)63(55-25-14-23-53(61)65-55)51-21-12-18-48(36-51)60-44(8)32-39(3)33-45(60)9;/h10-18,22-36,61-63H,1-9H3;/q-3;+3. The van der Waals surface area contributed by atoms with Crippen molar-refractivity contribution in [1.82, 2.24) is 15.0 Å². The minimum absolute atomic E-state index is 0. The van der Waals surface area contributed by atoms with E-state index < -0.39 is 0 Å². The van der Waals surface area contributed by atoms with Gasteiger partial charge in [-0.15, -0.1) is 33.4 Å². The van der Waals surface area contributed by atoms with Gasteiger partial charge in [0.1, 0.15) is 0 Å². The van der Waals surface area contributed by atoms with E-state index in [9.17, 15) is 0 Å². The fourth-order valence-electron chi connectivity index (χ4n) is 11.1. The molecule has 330 valence electrons. The van der Waals surface area contributed by atoms with Crippen LogP contribution in [0.4, 0.5) is 0 Å². The largest absolute Gasteiger partial charge is 3.00 e. The quantitative estimate of drug-likeness (QED) is 0.156. The van der Waals surface area contributed by atoms with Crippen molar-refractivity contribution in [2.75, 3.05) is 0 Å². The van der Waals surface area contributed by atoms with Crippen molar-refractivity contribution in [1.29, 1.82) is 0 Å². The summed E-state index contributed by atoms with van der Waals surface area (Å²) in [6.07, 6.45) is 0. The van der Waals surface area contributed by atoms with E-state index in [2.05, 4.69) is 226 Å². The molecule has 9 aromatic rings. The first kappa shape index (κ1) is 45.6. The van der Waals surface area contributed by atoms with Gasteiger partial charge in [-0.25, -0.2) is 0 Å². The first-order valence-electron chi connectivity index (χ1n) is 23.1. The number of fused-ring (bicyclic) bond motifs is 6. The average molecular weight is 1050 g/mol. The number of benzene rings is 6. The molecule has 0 aliphatic carbocycles. The van der Waals surface area contributed by atoms with E-state index in [0.29, 0.717) is 0 Å². The molecule has 0 N–H and O–H groups in total. The number of aryl methyl sites for hydroxylation is 9. The average Bonchev–Trinajstić information content (AvgIpc) is 3.27. The summed E-state index contributed by atoms with van der Waals surface area (Å²) in [4.78, 5) is 16.9. The molecule has 0 fully saturated rings. The van der Waals surface area contributed by atoms with E-state index in [1.807, 2.05) is 0 Å². The first-order valence-corrected chi connectivity index (χ1v) is 23.1. The Balaban J connectivity index is 0.00000562. The van der Waals surface area contributed by atoms with Crippen molar-refractivity contribution in [3.8, 4) is 33.4 Å². The minimum atomic E-state index is -0.315. The molecule has 1 aliphatic rings. The van der Waals surface area contributed by atoms with E-state index in [4.69, 9.17) is 15.0 Å². The van der Waals surface area contributed by atoms with Crippen LogP contribution in [-0.4, -0.2) is 15.0 Å². The van der Waals surface area contributed by atoms with Gasteiger partial charge in [0.05, 0.1) is 34.2 Å². The molecule has 0 amide bonds. The van der Waals surface area contributed by atoms with Crippen LogP contribution in [0.5, 0.6) is 0 Å². The van der Waals surface area contributed by atoms with Crippen LogP contribution in [0.3, 0.4) is 0 Å². The van der Waals surface area contributed by atoms with Gasteiger partial charge in [-0.05, 0) is 149 Å². The SMILES string of the molecule is Cc1cc(C)c(-c2cc[c-]c(C3c4cccc(n4)C(c4[c-]ccc(-c5c(C)cc(C)cc5C)c4)c4cccc(n4)C(c4[c-]ccc(-c5c(C)cc(C)cc5C)c4)c4cccc3n4)c2)c(C)c1.[Ir+3]. The summed E-state index contributed by atoms with van der Waals surface area (Å²) in [5, 5.41) is 0. The third-order valence-electron chi connectivity index (χ3n) is 13.5. The van der Waals surface area contributed by atoms with Crippen molar-refractivity contribution in [3.63, 3.8) is 0 Å². The Morgan fingerprint density at radius 1 is 0.313 bits per heavy atom. The zero-order valence-corrected chi connectivity index (χ0v) is 42.2. The summed E-state index contributed by atoms with van der Waals surface area (Å²) in [6.45, 7) is 19.8. The molecule has 0 saturated carbocycles. The van der Waals surface area contributed by atoms with Gasteiger partial charge in [-0.1, -0.05) is 71.3 Å². The van der Waals surface area contributed by atoms with Crippen LogP contribution in [0.25, 0.3) is 33.4 Å². The maximum atomic E-state index is 5.65. The molecule has 1 aliphatic heterocycles. The van der Waals surface area contributed by atoms with Crippen molar-refractivity contribution in [2.24, 2.45) is 0 Å². The molecule has 0 unspecified atom stereocenters. The first-order chi connectivity index (χ1) is 31.9. The molecule has 4 heteroatoms. The molecular formula is C63H54IrN3. The van der Waals surface area contributed by atoms with Crippen LogP contribution in [0, 0.1) is 80.5 Å². The molecule has 3 nitrogen and oxygen atoms in total. The van der Waals surface area contributed by atoms with E-state index in [-0.39, 0.29) is 37.9 Å². The summed E-state index contributed by atoms with van der Waals surface area (Å²) in [5.74, 6) is -0.946. The Morgan fingerprint density at radius 2 is 0.537 bits per heavy atom. The predicted octanol–water partition coefficient (Wildman–Crippen LogP) is 14.9. The summed E-state index contributed by atoms with van der Waals surface area (Å²) < 4.78 is 0. The van der Waals surface area contributed by atoms with Crippen molar-refractivity contribution in [2.45, 2.75) is 80.1 Å². The topological polar surface area (TPSA) is 38.7 Å². The van der Waals surface area contributed by atoms with Crippen LogP contribution >= 0.6 is 0 Å². The minimum Gasteiger partial charge on any atom is -0.256 e. The molecule has 0 radical (unpaired) electrons. The number of hydrogen-bond acceptors (Lipinski definition) is 3. The van der Waals surface area contributed by atoms with Crippen molar-refractivity contribution >= 4 is 0 Å². The molecule has 0 spiro atoms. The van der Waals surface area contributed by atoms with Gasteiger partial charge in [-0.2, -0.15) is 72.8 Å². The van der Waals surface area contributed by atoms with Crippen LogP contribution in [0.2, 0.25) is 0 Å². The van der Waals surface area contributed by atoms with Crippen LogP contribution in [-0.2, 0) is 20.1 Å². The zero-order valence-electron chi connectivity index (χ0n) is 39.8. The van der Waals surface area contributed by atoms with Gasteiger partial charge >= 0.3 is 20.1 Å². The molecule has 6 aromatic carbocycles. The van der Waals surface area contributed by atoms with Gasteiger partial charge in [0, 0.05) is 17.8 Å². The van der Waals surface area contributed by atoms with Gasteiger partial charge in [-0.3, -0.25) is 15.0 Å². The second-order valence-electron chi connectivity index (χ2n) is 18.7. The third kappa shape index (κ3) is 8.77.